The number of carbonyl (C=O) groups is 3. The zero-order valence-corrected chi connectivity index (χ0v) is 22.3. The largest absolute Gasteiger partial charge is 0.507 e. The van der Waals surface area contributed by atoms with E-state index in [0.717, 1.165) is 16.2 Å². The third-order valence-electron chi connectivity index (χ3n) is 5.90. The fourth-order valence-electron chi connectivity index (χ4n) is 4.12. The van der Waals surface area contributed by atoms with Crippen molar-refractivity contribution in [2.45, 2.75) is 19.9 Å². The Morgan fingerprint density at radius 2 is 2.00 bits per heavy atom. The molecule has 0 bridgehead atoms. The fourth-order valence-corrected chi connectivity index (χ4v) is 5.11. The van der Waals surface area contributed by atoms with Crippen LogP contribution in [0.25, 0.3) is 5.76 Å². The third kappa shape index (κ3) is 5.21. The molecule has 0 spiro atoms. The van der Waals surface area contributed by atoms with Crippen molar-refractivity contribution in [3.63, 3.8) is 0 Å². The number of aromatic nitrogens is 1. The van der Waals surface area contributed by atoms with Crippen molar-refractivity contribution in [2.75, 3.05) is 25.2 Å². The van der Waals surface area contributed by atoms with Gasteiger partial charge in [-0.2, -0.15) is 0 Å². The summed E-state index contributed by atoms with van der Waals surface area (Å²) in [6.07, 6.45) is 1.42. The summed E-state index contributed by atoms with van der Waals surface area (Å²) in [5, 5.41) is 21.7. The molecule has 1 saturated heterocycles. The molecule has 39 heavy (non-hydrogen) atoms. The number of ketones is 1. The number of hydrogen-bond donors (Lipinski definition) is 2. The second-order valence-corrected chi connectivity index (χ2v) is 9.34. The third-order valence-corrected chi connectivity index (χ3v) is 7.03. The van der Waals surface area contributed by atoms with Crippen molar-refractivity contribution in [1.82, 2.24) is 4.98 Å². The summed E-state index contributed by atoms with van der Waals surface area (Å²) in [5.41, 5.74) is 0.719. The average Bonchev–Trinajstić information content (AvgIpc) is 3.44. The van der Waals surface area contributed by atoms with Crippen LogP contribution in [-0.4, -0.2) is 53.2 Å². The van der Waals surface area contributed by atoms with E-state index < -0.39 is 29.5 Å². The van der Waals surface area contributed by atoms with E-state index in [1.807, 2.05) is 0 Å². The number of aliphatic hydroxyl groups excluding tert-OH is 1. The monoisotopic (exact) mass is 550 g/mol. The highest BCUT2D eigenvalue weighted by atomic mass is 32.1. The molecule has 1 amide bonds. The molecule has 1 aliphatic rings. The Kier molecular flexibility index (Phi) is 8.01. The van der Waals surface area contributed by atoms with Crippen LogP contribution in [0.4, 0.5) is 5.13 Å². The van der Waals surface area contributed by atoms with Gasteiger partial charge in [0.15, 0.2) is 16.6 Å². The molecule has 1 atom stereocenters. The molecule has 2 heterocycles. The highest BCUT2D eigenvalue weighted by Gasteiger charge is 2.48. The molecular weight excluding hydrogens is 524 g/mol. The number of anilines is 1. The Bertz CT molecular complexity index is 1490. The summed E-state index contributed by atoms with van der Waals surface area (Å²) in [5.74, 6) is -2.54. The molecule has 1 fully saturated rings. The molecule has 1 aliphatic heterocycles. The first kappa shape index (κ1) is 27.4. The summed E-state index contributed by atoms with van der Waals surface area (Å²) in [4.78, 5) is 45.1. The lowest BCUT2D eigenvalue weighted by atomic mass is 9.95. The number of esters is 1. The molecule has 2 N–H and O–H groups in total. The minimum absolute atomic E-state index is 0.00965. The highest BCUT2D eigenvalue weighted by Crippen LogP contribution is 2.45. The van der Waals surface area contributed by atoms with E-state index in [-0.39, 0.29) is 45.9 Å². The first-order chi connectivity index (χ1) is 18.7. The quantitative estimate of drug-likeness (QED) is 0.129. The van der Waals surface area contributed by atoms with E-state index in [0.29, 0.717) is 17.0 Å². The Morgan fingerprint density at radius 1 is 1.23 bits per heavy atom. The van der Waals surface area contributed by atoms with Gasteiger partial charge in [0.05, 0.1) is 31.0 Å². The fraction of sp³-hybridized carbons (Fsp3) is 0.214. The normalized spacial score (nSPS) is 16.3. The lowest BCUT2D eigenvalue weighted by molar-refractivity contribution is -0.132. The molecule has 3 aromatic rings. The highest BCUT2D eigenvalue weighted by molar-refractivity contribution is 7.17. The van der Waals surface area contributed by atoms with E-state index >= 15 is 0 Å². The number of aliphatic hydroxyl groups is 1. The summed E-state index contributed by atoms with van der Waals surface area (Å²) >= 11 is 0.881. The molecule has 1 aromatic heterocycles. The number of ether oxygens (including phenoxy) is 3. The van der Waals surface area contributed by atoms with Crippen LogP contribution in [-0.2, 0) is 14.3 Å². The minimum atomic E-state index is -1.15. The number of rotatable bonds is 9. The van der Waals surface area contributed by atoms with Crippen molar-refractivity contribution < 1.29 is 38.8 Å². The number of methoxy groups -OCH3 is 1. The number of aromatic hydroxyl groups is 1. The number of nitrogens with zero attached hydrogens (tertiary/aromatic N) is 2. The van der Waals surface area contributed by atoms with E-state index in [9.17, 15) is 24.6 Å². The maximum Gasteiger partial charge on any atom is 0.350 e. The maximum absolute atomic E-state index is 13.5. The predicted octanol–water partition coefficient (Wildman–Crippen LogP) is 4.53. The zero-order chi connectivity index (χ0) is 28.3. The van der Waals surface area contributed by atoms with Crippen LogP contribution in [0.3, 0.4) is 0 Å². The molecule has 11 heteroatoms. The van der Waals surface area contributed by atoms with Crippen molar-refractivity contribution in [2.24, 2.45) is 0 Å². The van der Waals surface area contributed by atoms with Gasteiger partial charge in [-0.3, -0.25) is 14.5 Å². The molecule has 0 radical (unpaired) electrons. The van der Waals surface area contributed by atoms with Crippen molar-refractivity contribution in [3.8, 4) is 17.2 Å². The first-order valence-electron chi connectivity index (χ1n) is 11.9. The minimum Gasteiger partial charge on any atom is -0.507 e. The molecule has 0 aliphatic carbocycles. The van der Waals surface area contributed by atoms with Gasteiger partial charge in [0.1, 0.15) is 23.0 Å². The number of phenolic OH excluding ortho intramolecular Hbond substituents is 1. The van der Waals surface area contributed by atoms with Gasteiger partial charge in [-0.1, -0.05) is 42.2 Å². The lowest BCUT2D eigenvalue weighted by Gasteiger charge is -2.23. The maximum atomic E-state index is 13.5. The summed E-state index contributed by atoms with van der Waals surface area (Å²) < 4.78 is 15.9. The van der Waals surface area contributed by atoms with Crippen LogP contribution in [0, 0.1) is 6.92 Å². The number of aryl methyl sites for hydroxylation is 1. The van der Waals surface area contributed by atoms with Crippen molar-refractivity contribution in [1.29, 1.82) is 0 Å². The van der Waals surface area contributed by atoms with E-state index in [4.69, 9.17) is 14.2 Å². The van der Waals surface area contributed by atoms with Gasteiger partial charge in [-0.25, -0.2) is 9.78 Å². The van der Waals surface area contributed by atoms with Gasteiger partial charge in [0.25, 0.3) is 5.78 Å². The van der Waals surface area contributed by atoms with Gasteiger partial charge in [0, 0.05) is 5.56 Å². The van der Waals surface area contributed by atoms with Gasteiger partial charge >= 0.3 is 11.9 Å². The second kappa shape index (κ2) is 11.4. The summed E-state index contributed by atoms with van der Waals surface area (Å²) in [7, 11) is 1.46. The van der Waals surface area contributed by atoms with Gasteiger partial charge in [-0.05, 0) is 43.7 Å². The van der Waals surface area contributed by atoms with Crippen molar-refractivity contribution >= 4 is 39.9 Å². The standard InChI is InChI=1S/C28H26N2O8S/c1-5-12-38-27(35)25-15(3)29-28(39-25)30-22(16-10-11-19(31)20(14-16)37-6-2)21(24(33)26(30)34)23(32)17-8-7-9-18(13-17)36-4/h5,7-11,13-14,22,31-32H,1,6,12H2,2-4H3. The molecular formula is C28H26N2O8S. The number of phenols is 1. The predicted molar refractivity (Wildman–Crippen MR) is 144 cm³/mol. The van der Waals surface area contributed by atoms with Crippen LogP contribution in [0.1, 0.15) is 39.5 Å². The number of benzene rings is 2. The van der Waals surface area contributed by atoms with Gasteiger partial charge in [0.2, 0.25) is 0 Å². The number of carbonyl (C=O) groups excluding carboxylic acids is 3. The Hall–Kier alpha value is -4.64. The number of thiazole rings is 1. The topological polar surface area (TPSA) is 135 Å². The molecule has 202 valence electrons. The van der Waals surface area contributed by atoms with Crippen LogP contribution in [0.15, 0.2) is 60.7 Å². The zero-order valence-electron chi connectivity index (χ0n) is 21.5. The average molecular weight is 551 g/mol. The lowest BCUT2D eigenvalue weighted by Crippen LogP contribution is -2.29. The van der Waals surface area contributed by atoms with Crippen LogP contribution in [0.5, 0.6) is 17.2 Å². The van der Waals surface area contributed by atoms with Gasteiger partial charge < -0.3 is 24.4 Å². The van der Waals surface area contributed by atoms with E-state index in [1.54, 1.807) is 32.0 Å². The molecule has 10 nitrogen and oxygen atoms in total. The summed E-state index contributed by atoms with van der Waals surface area (Å²) in [6.45, 7) is 7.09. The number of Topliss-reactive ketones (excluding diaryl/α,β-unsaturated/α-hetero) is 1. The Labute approximate surface area is 228 Å². The van der Waals surface area contributed by atoms with Crippen molar-refractivity contribution in [3.05, 3.63) is 82.4 Å². The Morgan fingerprint density at radius 3 is 2.69 bits per heavy atom. The van der Waals surface area contributed by atoms with Crippen LogP contribution >= 0.6 is 11.3 Å². The first-order valence-corrected chi connectivity index (χ1v) is 12.7. The smallest absolute Gasteiger partial charge is 0.350 e. The number of hydrogen-bond acceptors (Lipinski definition) is 10. The van der Waals surface area contributed by atoms with E-state index in [2.05, 4.69) is 11.6 Å². The van der Waals surface area contributed by atoms with E-state index in [1.165, 1.54) is 37.5 Å². The summed E-state index contributed by atoms with van der Waals surface area (Å²) in [6, 6.07) is 9.64. The second-order valence-electron chi connectivity index (χ2n) is 8.36. The molecule has 1 unspecified atom stereocenters. The van der Waals surface area contributed by atoms with Crippen LogP contribution in [0.2, 0.25) is 0 Å². The molecule has 0 saturated carbocycles. The SMILES string of the molecule is C=CCOC(=O)c1sc(N2C(=O)C(=O)C(=C(O)c3cccc(OC)c3)C2c2ccc(O)c(OCC)c2)nc1C. The number of amides is 1. The molecule has 2 aromatic carbocycles. The van der Waals surface area contributed by atoms with Crippen LogP contribution < -0.4 is 14.4 Å². The Balaban J connectivity index is 1.92. The van der Waals surface area contributed by atoms with Gasteiger partial charge in [-0.15, -0.1) is 0 Å². The molecule has 4 rings (SSSR count).